The number of urea groups is 1. The van der Waals surface area contributed by atoms with Crippen LogP contribution >= 0.6 is 11.6 Å². The number of nitrogens with zero attached hydrogens (tertiary/aromatic N) is 3. The Bertz CT molecular complexity index is 1220. The predicted molar refractivity (Wildman–Crippen MR) is 123 cm³/mol. The maximum atomic E-state index is 13.0. The van der Waals surface area contributed by atoms with E-state index >= 15 is 0 Å². The van der Waals surface area contributed by atoms with Gasteiger partial charge < -0.3 is 34.5 Å². The topological polar surface area (TPSA) is 156 Å². The van der Waals surface area contributed by atoms with Crippen LogP contribution in [0.25, 0.3) is 11.3 Å². The van der Waals surface area contributed by atoms with Crippen molar-refractivity contribution >= 4 is 41.2 Å². The summed E-state index contributed by atoms with van der Waals surface area (Å²) in [4.78, 5) is 45.9. The predicted octanol–water partition coefficient (Wildman–Crippen LogP) is 3.71. The van der Waals surface area contributed by atoms with Crippen molar-refractivity contribution in [1.82, 2.24) is 14.9 Å². The zero-order valence-corrected chi connectivity index (χ0v) is 19.1. The molecule has 2 aromatic heterocycles. The highest BCUT2D eigenvalue weighted by Crippen LogP contribution is 2.29. The molecular formula is C22H20ClN5O7. The molecule has 4 rings (SSSR count). The second kappa shape index (κ2) is 10.4. The quantitative estimate of drug-likeness (QED) is 0.428. The number of carbonyl (C=O) groups excluding carboxylic acids is 2. The number of amides is 3. The summed E-state index contributed by atoms with van der Waals surface area (Å²) in [5.74, 6) is -0.375. The smallest absolute Gasteiger partial charge is 0.449 e. The third-order valence-electron chi connectivity index (χ3n) is 5.25. The van der Waals surface area contributed by atoms with Crippen molar-refractivity contribution in [2.24, 2.45) is 0 Å². The molecule has 0 radical (unpaired) electrons. The number of benzene rings is 1. The number of hydrogen-bond acceptors (Lipinski definition) is 8. The molecule has 1 aliphatic heterocycles. The van der Waals surface area contributed by atoms with Crippen LogP contribution in [-0.2, 0) is 9.53 Å². The number of methoxy groups -OCH3 is 1. The summed E-state index contributed by atoms with van der Waals surface area (Å²) in [6.45, 7) is 0.234. The molecular weight excluding hydrogens is 482 g/mol. The van der Waals surface area contributed by atoms with Gasteiger partial charge in [-0.1, -0.05) is 11.6 Å². The first-order valence-corrected chi connectivity index (χ1v) is 10.7. The van der Waals surface area contributed by atoms with E-state index in [-0.39, 0.29) is 30.1 Å². The lowest BCUT2D eigenvalue weighted by Crippen LogP contribution is -2.45. The van der Waals surface area contributed by atoms with E-state index in [4.69, 9.17) is 25.9 Å². The van der Waals surface area contributed by atoms with Crippen molar-refractivity contribution in [2.45, 2.75) is 18.6 Å². The van der Waals surface area contributed by atoms with Crippen LogP contribution < -0.4 is 15.4 Å². The van der Waals surface area contributed by atoms with Crippen molar-refractivity contribution in [1.29, 1.82) is 0 Å². The van der Waals surface area contributed by atoms with E-state index in [0.29, 0.717) is 22.7 Å². The second-order valence-electron chi connectivity index (χ2n) is 7.47. The minimum atomic E-state index is -1.53. The Morgan fingerprint density at radius 3 is 2.57 bits per heavy atom. The Morgan fingerprint density at radius 1 is 1.14 bits per heavy atom. The summed E-state index contributed by atoms with van der Waals surface area (Å²) in [7, 11) is 1.52. The van der Waals surface area contributed by atoms with Crippen LogP contribution in [-0.4, -0.2) is 63.9 Å². The lowest BCUT2D eigenvalue weighted by Gasteiger charge is -2.24. The molecule has 182 valence electrons. The molecule has 1 fully saturated rings. The monoisotopic (exact) mass is 501 g/mol. The van der Waals surface area contributed by atoms with Crippen molar-refractivity contribution in [3.05, 3.63) is 54.0 Å². The van der Waals surface area contributed by atoms with Gasteiger partial charge in [0.05, 0.1) is 6.10 Å². The van der Waals surface area contributed by atoms with Crippen molar-refractivity contribution in [2.75, 3.05) is 24.3 Å². The summed E-state index contributed by atoms with van der Waals surface area (Å²) in [5, 5.41) is 14.8. The fourth-order valence-electron chi connectivity index (χ4n) is 3.56. The number of aromatic nitrogens is 2. The maximum Gasteiger partial charge on any atom is 0.512 e. The van der Waals surface area contributed by atoms with E-state index in [0.717, 1.165) is 6.39 Å². The number of nitrogens with one attached hydrogen (secondary N) is 2. The zero-order valence-electron chi connectivity index (χ0n) is 18.3. The summed E-state index contributed by atoms with van der Waals surface area (Å²) in [6.07, 6.45) is 0.869. The summed E-state index contributed by atoms with van der Waals surface area (Å²) >= 11 is 5.88. The van der Waals surface area contributed by atoms with Gasteiger partial charge in [-0.25, -0.2) is 14.6 Å². The summed E-state index contributed by atoms with van der Waals surface area (Å²) in [5.41, 5.74) is 0.927. The van der Waals surface area contributed by atoms with Crippen molar-refractivity contribution < 1.29 is 33.4 Å². The Kier molecular flexibility index (Phi) is 7.13. The van der Waals surface area contributed by atoms with Crippen LogP contribution in [0.5, 0.6) is 5.88 Å². The van der Waals surface area contributed by atoms with E-state index in [9.17, 15) is 14.4 Å². The van der Waals surface area contributed by atoms with Crippen molar-refractivity contribution in [3.63, 3.8) is 0 Å². The average Bonchev–Trinajstić information content (AvgIpc) is 3.48. The van der Waals surface area contributed by atoms with E-state index in [1.165, 1.54) is 24.3 Å². The number of likely N-dealkylation sites (tertiary alicyclic amines) is 1. The lowest BCUT2D eigenvalue weighted by molar-refractivity contribution is -0.119. The Hall–Kier alpha value is -4.16. The molecule has 1 aliphatic rings. The Morgan fingerprint density at radius 2 is 1.91 bits per heavy atom. The first-order valence-electron chi connectivity index (χ1n) is 10.3. The number of hydrogen-bond donors (Lipinski definition) is 3. The lowest BCUT2D eigenvalue weighted by atomic mass is 10.2. The van der Waals surface area contributed by atoms with E-state index in [2.05, 4.69) is 25.3 Å². The molecule has 3 N–H and O–H groups in total. The van der Waals surface area contributed by atoms with Crippen molar-refractivity contribution in [3.8, 4) is 17.2 Å². The van der Waals surface area contributed by atoms with Crippen LogP contribution in [0.4, 0.5) is 21.1 Å². The van der Waals surface area contributed by atoms with Crippen LogP contribution in [0.15, 0.2) is 53.4 Å². The van der Waals surface area contributed by atoms with Crippen LogP contribution in [0.2, 0.25) is 5.02 Å². The summed E-state index contributed by atoms with van der Waals surface area (Å²) in [6, 6.07) is 8.42. The summed E-state index contributed by atoms with van der Waals surface area (Å²) < 4.78 is 15.1. The van der Waals surface area contributed by atoms with Gasteiger partial charge in [0, 0.05) is 42.5 Å². The molecule has 0 unspecified atom stereocenters. The molecule has 35 heavy (non-hydrogen) atoms. The third kappa shape index (κ3) is 5.67. The molecule has 1 saturated heterocycles. The zero-order chi connectivity index (χ0) is 24.9. The molecule has 13 heteroatoms. The third-order valence-corrected chi connectivity index (χ3v) is 5.50. The van der Waals surface area contributed by atoms with Crippen LogP contribution in [0.3, 0.4) is 0 Å². The Labute approximate surface area is 203 Å². The first-order chi connectivity index (χ1) is 16.8. The van der Waals surface area contributed by atoms with E-state index in [1.807, 2.05) is 0 Å². The number of ether oxygens (including phenoxy) is 2. The van der Waals surface area contributed by atoms with Gasteiger partial charge >= 0.3 is 12.2 Å². The van der Waals surface area contributed by atoms with Crippen LogP contribution in [0, 0.1) is 0 Å². The highest BCUT2D eigenvalue weighted by Gasteiger charge is 2.40. The van der Waals surface area contributed by atoms with Gasteiger partial charge in [0.2, 0.25) is 5.91 Å². The fourth-order valence-corrected chi connectivity index (χ4v) is 3.69. The van der Waals surface area contributed by atoms with Gasteiger partial charge in [0.15, 0.2) is 12.2 Å². The largest absolute Gasteiger partial charge is 0.512 e. The molecule has 12 nitrogen and oxygen atoms in total. The number of pyridine rings is 1. The number of carbonyl (C=O) groups is 3. The number of rotatable bonds is 6. The number of carboxylic acid groups (broad SMARTS) is 1. The standard InChI is InChI=1S/C22H20ClN5O7/c1-33-15-8-16(28(10-15)21(30)26-14-5-3-13(23)4-6-14)19(29)27-17-7-2-12(9-24-17)18-20(25-11-34-18)35-22(31)32/h2-7,9,11,15-16H,8,10H2,1H3,(H,26,30)(H,31,32)(H,24,27,29)/t15-,16-/m1/s1. The molecule has 3 amide bonds. The number of halogens is 1. The van der Waals surface area contributed by atoms with Gasteiger partial charge in [-0.15, -0.1) is 0 Å². The minimum Gasteiger partial charge on any atom is -0.449 e. The van der Waals surface area contributed by atoms with E-state index < -0.39 is 24.1 Å². The van der Waals surface area contributed by atoms with Crippen LogP contribution in [0.1, 0.15) is 6.42 Å². The molecule has 3 heterocycles. The van der Waals surface area contributed by atoms with Gasteiger partial charge in [0.1, 0.15) is 11.9 Å². The van der Waals surface area contributed by atoms with Gasteiger partial charge in [-0.3, -0.25) is 4.79 Å². The molecule has 2 atom stereocenters. The molecule has 0 aliphatic carbocycles. The molecule has 1 aromatic carbocycles. The number of anilines is 2. The Balaban J connectivity index is 1.44. The average molecular weight is 502 g/mol. The fraction of sp³-hybridized carbons (Fsp3) is 0.227. The highest BCUT2D eigenvalue weighted by atomic mass is 35.5. The van der Waals surface area contributed by atoms with Gasteiger partial charge in [-0.2, -0.15) is 4.98 Å². The second-order valence-corrected chi connectivity index (χ2v) is 7.91. The maximum absolute atomic E-state index is 13.0. The minimum absolute atomic E-state index is 0.0709. The molecule has 3 aromatic rings. The van der Waals surface area contributed by atoms with E-state index in [1.54, 1.807) is 30.3 Å². The van der Waals surface area contributed by atoms with Gasteiger partial charge in [0.25, 0.3) is 5.88 Å². The molecule has 0 bridgehead atoms. The molecule has 0 spiro atoms. The first kappa shape index (κ1) is 24.0. The molecule has 0 saturated carbocycles. The normalized spacial score (nSPS) is 17.1. The number of oxazole rings is 1. The SMILES string of the molecule is CO[C@@H]1C[C@H](C(=O)Nc2ccc(-c3ocnc3OC(=O)O)cn2)N(C(=O)Nc2ccc(Cl)cc2)C1. The van der Waals surface area contributed by atoms with Gasteiger partial charge in [-0.05, 0) is 36.4 Å². The highest BCUT2D eigenvalue weighted by molar-refractivity contribution is 6.30.